The van der Waals surface area contributed by atoms with Crippen molar-refractivity contribution in [1.29, 1.82) is 0 Å². The zero-order valence-corrected chi connectivity index (χ0v) is 9.61. The van der Waals surface area contributed by atoms with Gasteiger partial charge in [0.15, 0.2) is 6.61 Å². The number of hydrogen-bond acceptors (Lipinski definition) is 6. The van der Waals surface area contributed by atoms with Crippen molar-refractivity contribution < 1.29 is 18.3 Å². The standard InChI is InChI=1S/C9H14F2N4O2/c1-3-4-12-7-13-8(16-2)15-9(14-7)17-5-6(10)11/h6H,3-5H2,1-2H3,(H,12,13,14,15). The molecule has 0 atom stereocenters. The second-order valence-corrected chi connectivity index (χ2v) is 3.06. The Balaban J connectivity index is 2.73. The minimum absolute atomic E-state index is 0.0165. The molecule has 96 valence electrons. The molecule has 0 fully saturated rings. The molecule has 0 radical (unpaired) electrons. The van der Waals surface area contributed by atoms with E-state index in [-0.39, 0.29) is 18.0 Å². The molecule has 1 N–H and O–H groups in total. The number of nitrogens with one attached hydrogen (secondary N) is 1. The number of rotatable bonds is 7. The largest absolute Gasteiger partial charge is 0.467 e. The molecule has 0 aliphatic rings. The maximum absolute atomic E-state index is 12.0. The van der Waals surface area contributed by atoms with E-state index in [9.17, 15) is 8.78 Å². The third kappa shape index (κ3) is 4.75. The SMILES string of the molecule is CCCNc1nc(OC)nc(OCC(F)F)n1. The molecule has 0 bridgehead atoms. The molecule has 0 aromatic carbocycles. The molecule has 0 saturated heterocycles. The van der Waals surface area contributed by atoms with Gasteiger partial charge < -0.3 is 14.8 Å². The smallest absolute Gasteiger partial charge is 0.324 e. The summed E-state index contributed by atoms with van der Waals surface area (Å²) in [7, 11) is 1.37. The lowest BCUT2D eigenvalue weighted by Crippen LogP contribution is -2.12. The van der Waals surface area contributed by atoms with E-state index in [0.29, 0.717) is 6.54 Å². The summed E-state index contributed by atoms with van der Waals surface area (Å²) >= 11 is 0. The quantitative estimate of drug-likeness (QED) is 0.785. The molecule has 0 spiro atoms. The second kappa shape index (κ2) is 6.77. The second-order valence-electron chi connectivity index (χ2n) is 3.06. The van der Waals surface area contributed by atoms with Crippen molar-refractivity contribution in [1.82, 2.24) is 15.0 Å². The summed E-state index contributed by atoms with van der Waals surface area (Å²) in [6, 6.07) is -0.168. The summed E-state index contributed by atoms with van der Waals surface area (Å²) in [5.74, 6) is 0.239. The van der Waals surface area contributed by atoms with Gasteiger partial charge in [0.1, 0.15) is 0 Å². The first-order chi connectivity index (χ1) is 8.15. The topological polar surface area (TPSA) is 69.2 Å². The van der Waals surface area contributed by atoms with E-state index < -0.39 is 13.0 Å². The summed E-state index contributed by atoms with van der Waals surface area (Å²) in [5, 5.41) is 2.89. The minimum Gasteiger partial charge on any atom is -0.467 e. The maximum Gasteiger partial charge on any atom is 0.324 e. The van der Waals surface area contributed by atoms with Crippen LogP contribution in [0.25, 0.3) is 0 Å². The average Bonchev–Trinajstić information content (AvgIpc) is 2.33. The predicted octanol–water partition coefficient (Wildman–Crippen LogP) is 1.35. The van der Waals surface area contributed by atoms with Crippen LogP contribution < -0.4 is 14.8 Å². The first-order valence-electron chi connectivity index (χ1n) is 5.10. The Labute approximate surface area is 97.4 Å². The molecule has 0 aliphatic carbocycles. The van der Waals surface area contributed by atoms with Crippen molar-refractivity contribution in [3.63, 3.8) is 0 Å². The number of aromatic nitrogens is 3. The monoisotopic (exact) mass is 248 g/mol. The lowest BCUT2D eigenvalue weighted by Gasteiger charge is -2.07. The van der Waals surface area contributed by atoms with Crippen LogP contribution in [-0.4, -0.2) is 41.6 Å². The van der Waals surface area contributed by atoms with Crippen molar-refractivity contribution in [3.05, 3.63) is 0 Å². The maximum atomic E-state index is 12.0. The molecule has 1 heterocycles. The fraction of sp³-hybridized carbons (Fsp3) is 0.667. The van der Waals surface area contributed by atoms with Crippen LogP contribution in [-0.2, 0) is 0 Å². The molecule has 0 aliphatic heterocycles. The van der Waals surface area contributed by atoms with Crippen molar-refractivity contribution in [2.24, 2.45) is 0 Å². The van der Waals surface area contributed by atoms with E-state index in [1.165, 1.54) is 7.11 Å². The Morgan fingerprint density at radius 3 is 2.53 bits per heavy atom. The van der Waals surface area contributed by atoms with Gasteiger partial charge >= 0.3 is 12.0 Å². The van der Waals surface area contributed by atoms with Crippen LogP contribution in [0.5, 0.6) is 12.0 Å². The van der Waals surface area contributed by atoms with Crippen molar-refractivity contribution in [2.45, 2.75) is 19.8 Å². The summed E-state index contributed by atoms with van der Waals surface area (Å²) in [6.07, 6.45) is -1.70. The number of halogens is 2. The van der Waals surface area contributed by atoms with Gasteiger partial charge in [-0.3, -0.25) is 0 Å². The highest BCUT2D eigenvalue weighted by Gasteiger charge is 2.10. The lowest BCUT2D eigenvalue weighted by atomic mass is 10.5. The van der Waals surface area contributed by atoms with Gasteiger partial charge in [-0.1, -0.05) is 6.92 Å². The van der Waals surface area contributed by atoms with Gasteiger partial charge in [-0.15, -0.1) is 4.98 Å². The van der Waals surface area contributed by atoms with Crippen LogP contribution in [0, 0.1) is 0 Å². The first kappa shape index (κ1) is 13.3. The number of ether oxygens (including phenoxy) is 2. The van der Waals surface area contributed by atoms with Crippen LogP contribution in [0.4, 0.5) is 14.7 Å². The van der Waals surface area contributed by atoms with E-state index in [4.69, 9.17) is 9.47 Å². The van der Waals surface area contributed by atoms with Gasteiger partial charge in [-0.2, -0.15) is 9.97 Å². The third-order valence-electron chi connectivity index (χ3n) is 1.65. The highest BCUT2D eigenvalue weighted by atomic mass is 19.3. The van der Waals surface area contributed by atoms with E-state index in [2.05, 4.69) is 20.3 Å². The molecule has 1 aromatic heterocycles. The third-order valence-corrected chi connectivity index (χ3v) is 1.65. The molecule has 1 rings (SSSR count). The van der Waals surface area contributed by atoms with Crippen LogP contribution in [0.1, 0.15) is 13.3 Å². The molecular weight excluding hydrogens is 234 g/mol. The van der Waals surface area contributed by atoms with Gasteiger partial charge in [-0.25, -0.2) is 8.78 Å². The van der Waals surface area contributed by atoms with E-state index in [1.807, 2.05) is 6.92 Å². The number of anilines is 1. The Bertz CT molecular complexity index is 352. The highest BCUT2D eigenvalue weighted by Crippen LogP contribution is 2.13. The van der Waals surface area contributed by atoms with Crippen LogP contribution >= 0.6 is 0 Å². The zero-order chi connectivity index (χ0) is 12.7. The van der Waals surface area contributed by atoms with Crippen molar-refractivity contribution in [3.8, 4) is 12.0 Å². The molecular formula is C9H14F2N4O2. The van der Waals surface area contributed by atoms with Crippen LogP contribution in [0.3, 0.4) is 0 Å². The molecule has 8 heteroatoms. The van der Waals surface area contributed by atoms with Gasteiger partial charge in [0.05, 0.1) is 7.11 Å². The molecule has 1 aromatic rings. The highest BCUT2D eigenvalue weighted by molar-refractivity contribution is 5.27. The number of alkyl halides is 2. The molecule has 6 nitrogen and oxygen atoms in total. The van der Waals surface area contributed by atoms with Crippen LogP contribution in [0.15, 0.2) is 0 Å². The molecule has 17 heavy (non-hydrogen) atoms. The van der Waals surface area contributed by atoms with Gasteiger partial charge in [0.25, 0.3) is 6.43 Å². The predicted molar refractivity (Wildman–Crippen MR) is 56.7 cm³/mol. The first-order valence-corrected chi connectivity index (χ1v) is 5.10. The Morgan fingerprint density at radius 2 is 1.94 bits per heavy atom. The Kier molecular flexibility index (Phi) is 5.31. The van der Waals surface area contributed by atoms with E-state index in [1.54, 1.807) is 0 Å². The normalized spacial score (nSPS) is 10.4. The summed E-state index contributed by atoms with van der Waals surface area (Å²) in [4.78, 5) is 11.4. The molecule has 0 saturated carbocycles. The minimum atomic E-state index is -2.58. The number of nitrogens with zero attached hydrogens (tertiary/aromatic N) is 3. The van der Waals surface area contributed by atoms with E-state index in [0.717, 1.165) is 6.42 Å². The molecule has 0 unspecified atom stereocenters. The summed E-state index contributed by atoms with van der Waals surface area (Å²) < 4.78 is 33.4. The summed E-state index contributed by atoms with van der Waals surface area (Å²) in [6.45, 7) is 1.86. The Hall–Kier alpha value is -1.73. The summed E-state index contributed by atoms with van der Waals surface area (Å²) in [5.41, 5.74) is 0. The number of hydrogen-bond donors (Lipinski definition) is 1. The van der Waals surface area contributed by atoms with Crippen molar-refractivity contribution >= 4 is 5.95 Å². The van der Waals surface area contributed by atoms with E-state index >= 15 is 0 Å². The van der Waals surface area contributed by atoms with Gasteiger partial charge in [-0.05, 0) is 6.42 Å². The van der Waals surface area contributed by atoms with Crippen molar-refractivity contribution in [2.75, 3.05) is 25.6 Å². The Morgan fingerprint density at radius 1 is 1.24 bits per heavy atom. The molecule has 0 amide bonds. The fourth-order valence-electron chi connectivity index (χ4n) is 0.947. The average molecular weight is 248 g/mol. The van der Waals surface area contributed by atoms with Crippen LogP contribution in [0.2, 0.25) is 0 Å². The van der Waals surface area contributed by atoms with Gasteiger partial charge in [0.2, 0.25) is 5.95 Å². The lowest BCUT2D eigenvalue weighted by molar-refractivity contribution is 0.0764. The zero-order valence-electron chi connectivity index (χ0n) is 9.61. The number of methoxy groups -OCH3 is 1. The van der Waals surface area contributed by atoms with Gasteiger partial charge in [0, 0.05) is 6.54 Å². The fourth-order valence-corrected chi connectivity index (χ4v) is 0.947.